The standard InChI is InChI=1S/C19H22N4O4/c24-19(22-5-7-25-8-6-22)16-12-21(11-15-3-4-20-23(15)16)10-14-1-2-17-18(9-14)27-13-26-17/h1-4,9,16H,5-8,10-13H2/t16-/m1/s1. The molecule has 1 aromatic carbocycles. The zero-order valence-corrected chi connectivity index (χ0v) is 15.0. The van der Waals surface area contributed by atoms with Crippen LogP contribution in [-0.2, 0) is 22.6 Å². The van der Waals surface area contributed by atoms with Gasteiger partial charge in [0.25, 0.3) is 0 Å². The second-order valence-corrected chi connectivity index (χ2v) is 7.08. The van der Waals surface area contributed by atoms with Crippen LogP contribution >= 0.6 is 0 Å². The Kier molecular flexibility index (Phi) is 4.21. The molecule has 8 nitrogen and oxygen atoms in total. The molecule has 0 bridgehead atoms. The number of rotatable bonds is 3. The van der Waals surface area contributed by atoms with Crippen LogP contribution in [-0.4, -0.2) is 65.1 Å². The van der Waals surface area contributed by atoms with Gasteiger partial charge < -0.3 is 19.1 Å². The van der Waals surface area contributed by atoms with E-state index in [4.69, 9.17) is 14.2 Å². The van der Waals surface area contributed by atoms with Crippen LogP contribution in [0, 0.1) is 0 Å². The zero-order chi connectivity index (χ0) is 18.2. The second kappa shape index (κ2) is 6.86. The lowest BCUT2D eigenvalue weighted by atomic mass is 10.1. The van der Waals surface area contributed by atoms with Crippen molar-refractivity contribution in [2.24, 2.45) is 0 Å². The number of hydrogen-bond donors (Lipinski definition) is 0. The number of nitrogens with zero attached hydrogens (tertiary/aromatic N) is 4. The molecule has 0 saturated carbocycles. The number of benzene rings is 1. The van der Waals surface area contributed by atoms with E-state index in [2.05, 4.69) is 16.1 Å². The fourth-order valence-corrected chi connectivity index (χ4v) is 3.96. The fourth-order valence-electron chi connectivity index (χ4n) is 3.96. The molecule has 0 N–H and O–H groups in total. The first-order chi connectivity index (χ1) is 13.3. The van der Waals surface area contributed by atoms with Gasteiger partial charge in [0.1, 0.15) is 6.04 Å². The first-order valence-electron chi connectivity index (χ1n) is 9.28. The van der Waals surface area contributed by atoms with Crippen LogP contribution in [0.5, 0.6) is 11.5 Å². The molecule has 1 aromatic heterocycles. The molecular formula is C19H22N4O4. The summed E-state index contributed by atoms with van der Waals surface area (Å²) in [6, 6.07) is 7.72. The quantitative estimate of drug-likeness (QED) is 0.804. The van der Waals surface area contributed by atoms with Gasteiger partial charge in [0, 0.05) is 38.9 Å². The Morgan fingerprint density at radius 1 is 1.15 bits per heavy atom. The molecule has 0 radical (unpaired) electrons. The summed E-state index contributed by atoms with van der Waals surface area (Å²) >= 11 is 0. The summed E-state index contributed by atoms with van der Waals surface area (Å²) in [5.74, 6) is 1.70. The third kappa shape index (κ3) is 3.15. The lowest BCUT2D eigenvalue weighted by Crippen LogP contribution is -2.49. The van der Waals surface area contributed by atoms with Crippen molar-refractivity contribution >= 4 is 5.91 Å². The van der Waals surface area contributed by atoms with Crippen LogP contribution in [0.4, 0.5) is 0 Å². The second-order valence-electron chi connectivity index (χ2n) is 7.08. The van der Waals surface area contributed by atoms with Gasteiger partial charge in [-0.15, -0.1) is 0 Å². The van der Waals surface area contributed by atoms with Gasteiger partial charge in [-0.3, -0.25) is 14.4 Å². The smallest absolute Gasteiger partial charge is 0.248 e. The summed E-state index contributed by atoms with van der Waals surface area (Å²) in [7, 11) is 0. The minimum Gasteiger partial charge on any atom is -0.454 e. The number of hydrogen-bond acceptors (Lipinski definition) is 6. The summed E-state index contributed by atoms with van der Waals surface area (Å²) in [6.07, 6.45) is 1.78. The lowest BCUT2D eigenvalue weighted by molar-refractivity contribution is -0.140. The maximum atomic E-state index is 13.1. The van der Waals surface area contributed by atoms with Gasteiger partial charge in [0.05, 0.1) is 18.9 Å². The third-order valence-electron chi connectivity index (χ3n) is 5.32. The average molecular weight is 370 g/mol. The van der Waals surface area contributed by atoms with Gasteiger partial charge >= 0.3 is 0 Å². The van der Waals surface area contributed by atoms with Crippen molar-refractivity contribution in [3.05, 3.63) is 41.7 Å². The Morgan fingerprint density at radius 2 is 2.00 bits per heavy atom. The van der Waals surface area contributed by atoms with E-state index in [0.717, 1.165) is 35.8 Å². The third-order valence-corrected chi connectivity index (χ3v) is 5.32. The highest BCUT2D eigenvalue weighted by atomic mass is 16.7. The lowest BCUT2D eigenvalue weighted by Gasteiger charge is -2.36. The van der Waals surface area contributed by atoms with E-state index >= 15 is 0 Å². The topological polar surface area (TPSA) is 69.1 Å². The summed E-state index contributed by atoms with van der Waals surface area (Å²) < 4.78 is 18.1. The predicted molar refractivity (Wildman–Crippen MR) is 95.3 cm³/mol. The molecule has 3 aliphatic heterocycles. The summed E-state index contributed by atoms with van der Waals surface area (Å²) in [6.45, 7) is 4.92. The minimum atomic E-state index is -0.295. The molecular weight excluding hydrogens is 348 g/mol. The van der Waals surface area contributed by atoms with Crippen LogP contribution < -0.4 is 9.47 Å². The minimum absolute atomic E-state index is 0.124. The molecule has 4 heterocycles. The molecule has 1 amide bonds. The van der Waals surface area contributed by atoms with Gasteiger partial charge in [-0.25, -0.2) is 0 Å². The van der Waals surface area contributed by atoms with Gasteiger partial charge in [0.15, 0.2) is 11.5 Å². The van der Waals surface area contributed by atoms with E-state index in [1.165, 1.54) is 0 Å². The van der Waals surface area contributed by atoms with Crippen molar-refractivity contribution in [1.82, 2.24) is 19.6 Å². The zero-order valence-electron chi connectivity index (χ0n) is 15.0. The Bertz CT molecular complexity index is 846. The van der Waals surface area contributed by atoms with Gasteiger partial charge in [-0.05, 0) is 23.8 Å². The van der Waals surface area contributed by atoms with E-state index < -0.39 is 0 Å². The van der Waals surface area contributed by atoms with Crippen LogP contribution in [0.1, 0.15) is 17.3 Å². The first kappa shape index (κ1) is 16.6. The van der Waals surface area contributed by atoms with E-state index in [1.807, 2.05) is 27.8 Å². The van der Waals surface area contributed by atoms with Crippen molar-refractivity contribution in [3.63, 3.8) is 0 Å². The van der Waals surface area contributed by atoms with Crippen molar-refractivity contribution in [1.29, 1.82) is 0 Å². The molecule has 1 atom stereocenters. The molecule has 0 unspecified atom stereocenters. The summed E-state index contributed by atoms with van der Waals surface area (Å²) in [5, 5.41) is 4.42. The number of ether oxygens (including phenoxy) is 3. The van der Waals surface area contributed by atoms with Crippen LogP contribution in [0.2, 0.25) is 0 Å². The molecule has 8 heteroatoms. The highest BCUT2D eigenvalue weighted by molar-refractivity contribution is 5.81. The van der Waals surface area contributed by atoms with E-state index in [0.29, 0.717) is 32.8 Å². The summed E-state index contributed by atoms with van der Waals surface area (Å²) in [5.41, 5.74) is 2.21. The molecule has 0 aliphatic carbocycles. The van der Waals surface area contributed by atoms with Crippen LogP contribution in [0.25, 0.3) is 0 Å². The monoisotopic (exact) mass is 370 g/mol. The van der Waals surface area contributed by atoms with E-state index in [-0.39, 0.29) is 18.7 Å². The van der Waals surface area contributed by atoms with Gasteiger partial charge in [-0.1, -0.05) is 6.07 Å². The highest BCUT2D eigenvalue weighted by Crippen LogP contribution is 2.33. The normalized spacial score (nSPS) is 21.9. The van der Waals surface area contributed by atoms with E-state index in [9.17, 15) is 4.79 Å². The number of morpholine rings is 1. The number of fused-ring (bicyclic) bond motifs is 2. The van der Waals surface area contributed by atoms with Crippen LogP contribution in [0.3, 0.4) is 0 Å². The van der Waals surface area contributed by atoms with Gasteiger partial charge in [0.2, 0.25) is 12.7 Å². The maximum Gasteiger partial charge on any atom is 0.248 e. The molecule has 0 spiro atoms. The predicted octanol–water partition coefficient (Wildman–Crippen LogP) is 1.03. The Morgan fingerprint density at radius 3 is 2.89 bits per heavy atom. The fraction of sp³-hybridized carbons (Fsp3) is 0.474. The molecule has 3 aliphatic rings. The van der Waals surface area contributed by atoms with Crippen LogP contribution in [0.15, 0.2) is 30.5 Å². The number of carbonyl (C=O) groups excluding carboxylic acids is 1. The van der Waals surface area contributed by atoms with E-state index in [1.54, 1.807) is 6.20 Å². The maximum absolute atomic E-state index is 13.1. The largest absolute Gasteiger partial charge is 0.454 e. The van der Waals surface area contributed by atoms with Crippen molar-refractivity contribution < 1.29 is 19.0 Å². The van der Waals surface area contributed by atoms with Crippen molar-refractivity contribution in [2.75, 3.05) is 39.6 Å². The summed E-state index contributed by atoms with van der Waals surface area (Å²) in [4.78, 5) is 17.3. The number of carbonyl (C=O) groups is 1. The average Bonchev–Trinajstić information content (AvgIpc) is 3.36. The Labute approximate surface area is 157 Å². The Hall–Kier alpha value is -2.58. The molecule has 2 aromatic rings. The number of amides is 1. The number of aromatic nitrogens is 2. The SMILES string of the molecule is O=C([C@H]1CN(Cc2ccc3c(c2)OCO3)Cc2ccnn21)N1CCOCC1. The van der Waals surface area contributed by atoms with Crippen molar-refractivity contribution in [3.8, 4) is 11.5 Å². The molecule has 5 rings (SSSR count). The molecule has 27 heavy (non-hydrogen) atoms. The Balaban J connectivity index is 1.35. The van der Waals surface area contributed by atoms with Gasteiger partial charge in [-0.2, -0.15) is 5.10 Å². The van der Waals surface area contributed by atoms with Crippen molar-refractivity contribution in [2.45, 2.75) is 19.1 Å². The molecule has 1 saturated heterocycles. The highest BCUT2D eigenvalue weighted by Gasteiger charge is 2.34. The molecule has 1 fully saturated rings. The first-order valence-corrected chi connectivity index (χ1v) is 9.28. The molecule has 142 valence electrons.